The van der Waals surface area contributed by atoms with Crippen molar-refractivity contribution >= 4 is 24.2 Å². The zero-order chi connectivity index (χ0) is 28.4. The first-order valence-electron chi connectivity index (χ1n) is 11.4. The summed E-state index contributed by atoms with van der Waals surface area (Å²) in [5.41, 5.74) is -1.30. The third-order valence-electron chi connectivity index (χ3n) is 5.51. The van der Waals surface area contributed by atoms with Gasteiger partial charge in [-0.25, -0.2) is 22.9 Å². The van der Waals surface area contributed by atoms with Gasteiger partial charge in [0.1, 0.15) is 11.4 Å². The van der Waals surface area contributed by atoms with E-state index >= 15 is 0 Å². The second kappa shape index (κ2) is 10.9. The molecule has 2 aromatic rings. The van der Waals surface area contributed by atoms with Crippen molar-refractivity contribution in [2.45, 2.75) is 64.5 Å². The van der Waals surface area contributed by atoms with Gasteiger partial charge in [0.05, 0.1) is 12.2 Å². The molecule has 38 heavy (non-hydrogen) atoms. The fourth-order valence-corrected chi connectivity index (χ4v) is 3.94. The molecule has 3 rings (SSSR count). The molecule has 0 fully saturated rings. The Kier molecular flexibility index (Phi) is 8.27. The molecule has 0 saturated carbocycles. The van der Waals surface area contributed by atoms with Crippen LogP contribution in [0.25, 0.3) is 0 Å². The number of nitrogens with one attached hydrogen (secondary N) is 2. The van der Waals surface area contributed by atoms with Crippen molar-refractivity contribution in [3.05, 3.63) is 46.7 Å². The number of aromatic nitrogens is 2. The highest BCUT2D eigenvalue weighted by molar-refractivity contribution is 5.79. The third kappa shape index (κ3) is 6.95. The van der Waals surface area contributed by atoms with Gasteiger partial charge in [0.15, 0.2) is 17.5 Å². The minimum atomic E-state index is -4.80. The normalized spacial score (nSPS) is 14.5. The summed E-state index contributed by atoms with van der Waals surface area (Å²) in [5, 5.41) is 4.50. The summed E-state index contributed by atoms with van der Waals surface area (Å²) >= 11 is 0. The Morgan fingerprint density at radius 1 is 1.11 bits per heavy atom. The molecule has 1 aromatic heterocycles. The Morgan fingerprint density at radius 2 is 1.76 bits per heavy atom. The Bertz CT molecular complexity index is 1220. The van der Waals surface area contributed by atoms with Crippen LogP contribution in [0.4, 0.5) is 37.0 Å². The largest absolute Gasteiger partial charge is 0.449 e. The van der Waals surface area contributed by atoms with E-state index in [1.165, 1.54) is 4.90 Å². The maximum absolute atomic E-state index is 14.3. The van der Waals surface area contributed by atoms with Gasteiger partial charge in [0, 0.05) is 31.6 Å². The number of amides is 3. The number of alkyl carbamates (subject to hydrolysis) is 1. The number of nitrogens with zero attached hydrogens (tertiary/aromatic N) is 3. The maximum Gasteiger partial charge on any atom is 0.449 e. The molecule has 2 heterocycles. The van der Waals surface area contributed by atoms with E-state index in [-0.39, 0.29) is 43.1 Å². The van der Waals surface area contributed by atoms with E-state index in [1.54, 1.807) is 20.8 Å². The van der Waals surface area contributed by atoms with Crippen molar-refractivity contribution in [1.82, 2.24) is 19.8 Å². The molecule has 2 N–H and O–H groups in total. The number of imidazole rings is 1. The number of anilines is 1. The van der Waals surface area contributed by atoms with Crippen LogP contribution in [0.15, 0.2) is 12.1 Å². The lowest BCUT2D eigenvalue weighted by Gasteiger charge is -2.31. The number of carbonyl (C=O) groups is 3. The minimum absolute atomic E-state index is 0.0627. The second-order valence-electron chi connectivity index (χ2n) is 9.57. The molecule has 0 saturated heterocycles. The zero-order valence-corrected chi connectivity index (χ0v) is 20.6. The number of benzene rings is 1. The van der Waals surface area contributed by atoms with Crippen LogP contribution in [-0.2, 0) is 40.0 Å². The lowest BCUT2D eigenvalue weighted by molar-refractivity contribution is -0.148. The third-order valence-corrected chi connectivity index (χ3v) is 5.51. The molecule has 15 heteroatoms. The highest BCUT2D eigenvalue weighted by Crippen LogP contribution is 2.34. The summed E-state index contributed by atoms with van der Waals surface area (Å²) in [6, 6.07) is -0.210. The lowest BCUT2D eigenvalue weighted by atomic mass is 10.0. The van der Waals surface area contributed by atoms with E-state index in [0.29, 0.717) is 12.1 Å². The molecule has 9 nitrogen and oxygen atoms in total. The topological polar surface area (TPSA) is 106 Å². The Labute approximate surface area is 213 Å². The van der Waals surface area contributed by atoms with Crippen molar-refractivity contribution in [1.29, 1.82) is 0 Å². The van der Waals surface area contributed by atoms with Crippen LogP contribution in [0.2, 0.25) is 0 Å². The van der Waals surface area contributed by atoms with Crippen LogP contribution < -0.4 is 10.6 Å². The van der Waals surface area contributed by atoms with E-state index in [4.69, 9.17) is 4.74 Å². The first kappa shape index (κ1) is 28.8. The fourth-order valence-electron chi connectivity index (χ4n) is 3.94. The predicted molar refractivity (Wildman–Crippen MR) is 120 cm³/mol. The summed E-state index contributed by atoms with van der Waals surface area (Å²) in [4.78, 5) is 41.0. The van der Waals surface area contributed by atoms with Gasteiger partial charge >= 0.3 is 12.3 Å². The standard InChI is InChI=1S/C23H25F6N5O4/c1-22(2,3)38-21(37)31-13(6-12-7-15(25)16(26)9-14(12)24)8-18(36)33-4-5-34-17(10-33)19(30-11-35)32-20(34)23(27,28)29/h7,9,11,13H,4-6,8,10H2,1-3H3,(H,30,35)(H,31,37)/t13-/m1/s1. The van der Waals surface area contributed by atoms with Crippen LogP contribution in [0.3, 0.4) is 0 Å². The van der Waals surface area contributed by atoms with Crippen molar-refractivity contribution in [2.75, 3.05) is 11.9 Å². The smallest absolute Gasteiger partial charge is 0.444 e. The molecule has 1 aromatic carbocycles. The van der Waals surface area contributed by atoms with Gasteiger partial charge in [-0.3, -0.25) is 9.59 Å². The molecular weight excluding hydrogens is 524 g/mol. The molecular formula is C23H25F6N5O4. The van der Waals surface area contributed by atoms with E-state index < -0.39 is 65.9 Å². The number of rotatable bonds is 7. The molecule has 3 amide bonds. The van der Waals surface area contributed by atoms with Gasteiger partial charge in [-0.1, -0.05) is 0 Å². The average Bonchev–Trinajstić information content (AvgIpc) is 3.14. The SMILES string of the molecule is CC(C)(C)OC(=O)N[C@@H](CC(=O)N1CCn2c(C(F)(F)F)nc(NC=O)c2C1)Cc1cc(F)c(F)cc1F. The van der Waals surface area contributed by atoms with Crippen molar-refractivity contribution in [3.63, 3.8) is 0 Å². The number of hydrogen-bond acceptors (Lipinski definition) is 5. The summed E-state index contributed by atoms with van der Waals surface area (Å²) in [6.45, 7) is 3.95. The summed E-state index contributed by atoms with van der Waals surface area (Å²) in [6.07, 6.45) is -6.51. The summed E-state index contributed by atoms with van der Waals surface area (Å²) in [7, 11) is 0. The molecule has 0 bridgehead atoms. The van der Waals surface area contributed by atoms with Crippen LogP contribution >= 0.6 is 0 Å². The van der Waals surface area contributed by atoms with E-state index in [1.807, 2.05) is 0 Å². The van der Waals surface area contributed by atoms with Gasteiger partial charge in [-0.15, -0.1) is 0 Å². The van der Waals surface area contributed by atoms with Crippen LogP contribution in [0.5, 0.6) is 0 Å². The average molecular weight is 549 g/mol. The number of ether oxygens (including phenoxy) is 1. The van der Waals surface area contributed by atoms with Gasteiger partial charge in [0.25, 0.3) is 0 Å². The molecule has 208 valence electrons. The Balaban J connectivity index is 1.83. The van der Waals surface area contributed by atoms with E-state index in [0.717, 1.165) is 4.57 Å². The van der Waals surface area contributed by atoms with Gasteiger partial charge in [0.2, 0.25) is 18.1 Å². The summed E-state index contributed by atoms with van der Waals surface area (Å²) in [5.74, 6) is -6.09. The van der Waals surface area contributed by atoms with Crippen molar-refractivity contribution in [3.8, 4) is 0 Å². The number of hydrogen-bond donors (Lipinski definition) is 2. The number of alkyl halides is 3. The number of fused-ring (bicyclic) bond motifs is 1. The highest BCUT2D eigenvalue weighted by atomic mass is 19.4. The highest BCUT2D eigenvalue weighted by Gasteiger charge is 2.41. The van der Waals surface area contributed by atoms with E-state index in [2.05, 4.69) is 15.6 Å². The number of halogens is 6. The fraction of sp³-hybridized carbons (Fsp3) is 0.478. The monoisotopic (exact) mass is 549 g/mol. The molecule has 1 aliphatic heterocycles. The predicted octanol–water partition coefficient (Wildman–Crippen LogP) is 3.76. The Morgan fingerprint density at radius 3 is 2.37 bits per heavy atom. The van der Waals surface area contributed by atoms with Crippen LogP contribution in [0.1, 0.15) is 44.3 Å². The lowest BCUT2D eigenvalue weighted by Crippen LogP contribution is -2.45. The molecule has 0 radical (unpaired) electrons. The van der Waals surface area contributed by atoms with Crippen molar-refractivity contribution in [2.24, 2.45) is 0 Å². The summed E-state index contributed by atoms with van der Waals surface area (Å²) < 4.78 is 87.5. The molecule has 0 spiro atoms. The molecule has 1 atom stereocenters. The number of carbonyl (C=O) groups excluding carboxylic acids is 3. The zero-order valence-electron chi connectivity index (χ0n) is 20.6. The van der Waals surface area contributed by atoms with Crippen LogP contribution in [-0.4, -0.2) is 51.0 Å². The molecule has 0 unspecified atom stereocenters. The molecule has 0 aliphatic carbocycles. The van der Waals surface area contributed by atoms with Gasteiger partial charge in [-0.05, 0) is 38.8 Å². The quantitative estimate of drug-likeness (QED) is 0.311. The maximum atomic E-state index is 14.3. The van der Waals surface area contributed by atoms with E-state index in [9.17, 15) is 40.7 Å². The van der Waals surface area contributed by atoms with Crippen molar-refractivity contribution < 1.29 is 45.5 Å². The van der Waals surface area contributed by atoms with Crippen LogP contribution in [0, 0.1) is 17.5 Å². The molecule has 1 aliphatic rings. The minimum Gasteiger partial charge on any atom is -0.444 e. The van der Waals surface area contributed by atoms with Gasteiger partial charge in [-0.2, -0.15) is 13.2 Å². The first-order valence-corrected chi connectivity index (χ1v) is 11.4. The van der Waals surface area contributed by atoms with Gasteiger partial charge < -0.3 is 24.8 Å². The second-order valence-corrected chi connectivity index (χ2v) is 9.57. The Hall–Kier alpha value is -3.78. The first-order chi connectivity index (χ1) is 17.6.